The first-order valence-electron chi connectivity index (χ1n) is 8.75. The van der Waals surface area contributed by atoms with Gasteiger partial charge in [0, 0.05) is 25.5 Å². The number of anilines is 1. The second kappa shape index (κ2) is 8.89. The predicted molar refractivity (Wildman–Crippen MR) is 107 cm³/mol. The fourth-order valence-electron chi connectivity index (χ4n) is 2.91. The molecule has 136 valence electrons. The molecule has 0 bridgehead atoms. The number of nitrogens with two attached hydrogens (primary N) is 1. The van der Waals surface area contributed by atoms with Crippen LogP contribution in [0.3, 0.4) is 0 Å². The van der Waals surface area contributed by atoms with Crippen molar-refractivity contribution in [2.75, 3.05) is 18.5 Å². The van der Waals surface area contributed by atoms with Gasteiger partial charge < -0.3 is 16.2 Å². The number of hydrogen-bond acceptors (Lipinski definition) is 5. The monoisotopic (exact) mass is 369 g/mol. The predicted octanol–water partition coefficient (Wildman–Crippen LogP) is 3.29. The van der Waals surface area contributed by atoms with Gasteiger partial charge in [0.1, 0.15) is 0 Å². The number of rotatable bonds is 8. The minimum atomic E-state index is -0.384. The molecule has 26 heavy (non-hydrogen) atoms. The number of aliphatic hydroxyl groups excluding tert-OH is 1. The molecule has 0 saturated heterocycles. The normalized spacial score (nSPS) is 12.2. The number of nitrogens with zero attached hydrogens (tertiary/aromatic N) is 1. The number of carbonyl (C=O) groups is 1. The molecule has 6 heteroatoms. The number of aryl methyl sites for hydroxylation is 1. The quantitative estimate of drug-likeness (QED) is 0.532. The maximum absolute atomic E-state index is 12.7. The SMILES string of the molecule is NCC(C(=O)Nc1cc2ccncc2s1)c1ccc(CCCCO)cc1. The number of hydrogen-bond donors (Lipinski definition) is 3. The summed E-state index contributed by atoms with van der Waals surface area (Å²) in [5, 5.41) is 13.7. The van der Waals surface area contributed by atoms with E-state index in [4.69, 9.17) is 10.8 Å². The molecular formula is C20H23N3O2S. The van der Waals surface area contributed by atoms with Crippen LogP contribution >= 0.6 is 11.3 Å². The molecule has 0 aliphatic carbocycles. The summed E-state index contributed by atoms with van der Waals surface area (Å²) in [6.45, 7) is 0.476. The minimum absolute atomic E-state index is 0.0972. The van der Waals surface area contributed by atoms with Crippen molar-refractivity contribution < 1.29 is 9.90 Å². The number of aliphatic hydroxyl groups is 1. The first kappa shape index (κ1) is 18.5. The lowest BCUT2D eigenvalue weighted by molar-refractivity contribution is -0.117. The largest absolute Gasteiger partial charge is 0.396 e. The number of aromatic nitrogens is 1. The fraction of sp³-hybridized carbons (Fsp3) is 0.300. The van der Waals surface area contributed by atoms with E-state index in [1.54, 1.807) is 12.4 Å². The molecule has 4 N–H and O–H groups in total. The van der Waals surface area contributed by atoms with Crippen molar-refractivity contribution in [3.63, 3.8) is 0 Å². The lowest BCUT2D eigenvalue weighted by Gasteiger charge is -2.15. The molecule has 0 spiro atoms. The number of thiophene rings is 1. The smallest absolute Gasteiger partial charge is 0.233 e. The van der Waals surface area contributed by atoms with Crippen LogP contribution in [0, 0.1) is 0 Å². The molecular weight excluding hydrogens is 346 g/mol. The lowest BCUT2D eigenvalue weighted by Crippen LogP contribution is -2.27. The Morgan fingerprint density at radius 2 is 2.04 bits per heavy atom. The summed E-state index contributed by atoms with van der Waals surface area (Å²) in [6.07, 6.45) is 6.23. The molecule has 2 aromatic heterocycles. The van der Waals surface area contributed by atoms with Crippen LogP contribution in [0.4, 0.5) is 5.00 Å². The van der Waals surface area contributed by atoms with Gasteiger partial charge in [-0.05, 0) is 47.9 Å². The van der Waals surface area contributed by atoms with Crippen LogP contribution in [0.2, 0.25) is 0 Å². The van der Waals surface area contributed by atoms with Crippen LogP contribution in [0.5, 0.6) is 0 Å². The van der Waals surface area contributed by atoms with Gasteiger partial charge in [0.15, 0.2) is 0 Å². The maximum Gasteiger partial charge on any atom is 0.233 e. The van der Waals surface area contributed by atoms with Crippen molar-refractivity contribution >= 4 is 32.3 Å². The van der Waals surface area contributed by atoms with Crippen LogP contribution < -0.4 is 11.1 Å². The number of fused-ring (bicyclic) bond motifs is 1. The average molecular weight is 369 g/mol. The first-order chi connectivity index (χ1) is 12.7. The van der Waals surface area contributed by atoms with Crippen LogP contribution in [-0.2, 0) is 11.2 Å². The zero-order valence-corrected chi connectivity index (χ0v) is 15.3. The molecule has 0 fully saturated rings. The van der Waals surface area contributed by atoms with Crippen molar-refractivity contribution in [2.24, 2.45) is 5.73 Å². The Morgan fingerprint density at radius 3 is 2.73 bits per heavy atom. The Kier molecular flexibility index (Phi) is 6.33. The standard InChI is InChI=1S/C20H23N3O2S/c21-12-17(15-6-4-14(5-7-15)3-1-2-10-24)20(25)23-19-11-16-8-9-22-13-18(16)26-19/h4-9,11,13,17,24H,1-3,10,12,21H2,(H,23,25). The zero-order valence-electron chi connectivity index (χ0n) is 14.5. The molecule has 0 radical (unpaired) electrons. The van der Waals surface area contributed by atoms with Gasteiger partial charge in [-0.2, -0.15) is 0 Å². The molecule has 3 rings (SSSR count). The third-order valence-electron chi connectivity index (χ3n) is 4.38. The van der Waals surface area contributed by atoms with Gasteiger partial charge in [-0.25, -0.2) is 0 Å². The van der Waals surface area contributed by atoms with Crippen molar-refractivity contribution in [1.29, 1.82) is 0 Å². The number of benzene rings is 1. The second-order valence-electron chi connectivity index (χ2n) is 6.22. The molecule has 1 unspecified atom stereocenters. The third kappa shape index (κ3) is 4.46. The number of pyridine rings is 1. The van der Waals surface area contributed by atoms with E-state index in [1.165, 1.54) is 16.9 Å². The Hall–Kier alpha value is -2.28. The second-order valence-corrected chi connectivity index (χ2v) is 7.31. The highest BCUT2D eigenvalue weighted by Gasteiger charge is 2.20. The Labute approximate surface area is 156 Å². The topological polar surface area (TPSA) is 88.2 Å². The van der Waals surface area contributed by atoms with E-state index in [2.05, 4.69) is 10.3 Å². The summed E-state index contributed by atoms with van der Waals surface area (Å²) >= 11 is 1.51. The number of nitrogens with one attached hydrogen (secondary N) is 1. The Balaban J connectivity index is 1.68. The summed E-state index contributed by atoms with van der Waals surface area (Å²) in [6, 6.07) is 11.9. The maximum atomic E-state index is 12.7. The lowest BCUT2D eigenvalue weighted by atomic mass is 9.96. The molecule has 0 aliphatic rings. The Morgan fingerprint density at radius 1 is 1.23 bits per heavy atom. The van der Waals surface area contributed by atoms with Crippen molar-refractivity contribution in [3.8, 4) is 0 Å². The first-order valence-corrected chi connectivity index (χ1v) is 9.57. The summed E-state index contributed by atoms with van der Waals surface area (Å²) in [7, 11) is 0. The molecule has 3 aromatic rings. The fourth-order valence-corrected chi connectivity index (χ4v) is 3.84. The van der Waals surface area contributed by atoms with Crippen molar-refractivity contribution in [2.45, 2.75) is 25.2 Å². The molecule has 0 saturated carbocycles. The summed E-state index contributed by atoms with van der Waals surface area (Å²) in [4.78, 5) is 16.8. The van der Waals surface area contributed by atoms with Gasteiger partial charge in [-0.15, -0.1) is 11.3 Å². The van der Waals surface area contributed by atoms with E-state index in [-0.39, 0.29) is 25.0 Å². The summed E-state index contributed by atoms with van der Waals surface area (Å²) in [5.74, 6) is -0.482. The average Bonchev–Trinajstić information content (AvgIpc) is 3.06. The van der Waals surface area contributed by atoms with E-state index in [9.17, 15) is 4.79 Å². The van der Waals surface area contributed by atoms with Crippen LogP contribution in [0.15, 0.2) is 48.8 Å². The van der Waals surface area contributed by atoms with Crippen molar-refractivity contribution in [3.05, 3.63) is 59.9 Å². The molecule has 0 aliphatic heterocycles. The van der Waals surface area contributed by atoms with E-state index in [0.29, 0.717) is 0 Å². The van der Waals surface area contributed by atoms with Gasteiger partial charge >= 0.3 is 0 Å². The molecule has 5 nitrogen and oxygen atoms in total. The van der Waals surface area contributed by atoms with Gasteiger partial charge in [-0.3, -0.25) is 9.78 Å². The highest BCUT2D eigenvalue weighted by molar-refractivity contribution is 7.22. The van der Waals surface area contributed by atoms with Crippen LogP contribution in [0.1, 0.15) is 29.9 Å². The molecule has 1 atom stereocenters. The zero-order chi connectivity index (χ0) is 18.4. The molecule has 2 heterocycles. The number of unbranched alkanes of at least 4 members (excludes halogenated alkanes) is 1. The van der Waals surface area contributed by atoms with Crippen LogP contribution in [-0.4, -0.2) is 29.1 Å². The van der Waals surface area contributed by atoms with Crippen LogP contribution in [0.25, 0.3) is 10.1 Å². The van der Waals surface area contributed by atoms with Crippen molar-refractivity contribution in [1.82, 2.24) is 4.98 Å². The van der Waals surface area contributed by atoms with Gasteiger partial charge in [0.25, 0.3) is 0 Å². The van der Waals surface area contributed by atoms with E-state index < -0.39 is 0 Å². The van der Waals surface area contributed by atoms with E-state index in [1.807, 2.05) is 36.4 Å². The number of carbonyl (C=O) groups excluding carboxylic acids is 1. The number of amides is 1. The summed E-state index contributed by atoms with van der Waals surface area (Å²) < 4.78 is 1.04. The van der Waals surface area contributed by atoms with E-state index in [0.717, 1.165) is 39.9 Å². The van der Waals surface area contributed by atoms with E-state index >= 15 is 0 Å². The van der Waals surface area contributed by atoms with Gasteiger partial charge in [-0.1, -0.05) is 24.3 Å². The van der Waals surface area contributed by atoms with Gasteiger partial charge in [0.05, 0.1) is 15.6 Å². The molecule has 1 aromatic carbocycles. The minimum Gasteiger partial charge on any atom is -0.396 e. The Bertz CT molecular complexity index is 828. The molecule has 1 amide bonds. The highest BCUT2D eigenvalue weighted by Crippen LogP contribution is 2.29. The third-order valence-corrected chi connectivity index (χ3v) is 5.38. The highest BCUT2D eigenvalue weighted by atomic mass is 32.1. The summed E-state index contributed by atoms with van der Waals surface area (Å²) in [5.41, 5.74) is 8.00. The van der Waals surface area contributed by atoms with Gasteiger partial charge in [0.2, 0.25) is 5.91 Å².